The number of rotatable bonds is 6. The molecule has 0 amide bonds. The molecule has 0 radical (unpaired) electrons. The van der Waals surface area contributed by atoms with Gasteiger partial charge in [0.05, 0.1) is 37.0 Å². The molecule has 0 unspecified atom stereocenters. The average Bonchev–Trinajstić information content (AvgIpc) is 2.45. The summed E-state index contributed by atoms with van der Waals surface area (Å²) in [6, 6.07) is 0. The van der Waals surface area contributed by atoms with Gasteiger partial charge in [-0.25, -0.2) is 0 Å². The first-order valence-corrected chi connectivity index (χ1v) is 13.2. The molecular weight excluding hydrogens is 290 g/mol. The molecule has 0 saturated carbocycles. The third-order valence-corrected chi connectivity index (χ3v) is 13.7. The van der Waals surface area contributed by atoms with Crippen molar-refractivity contribution in [2.75, 3.05) is 50.3 Å². The van der Waals surface area contributed by atoms with Crippen molar-refractivity contribution in [2.45, 2.75) is 41.5 Å². The van der Waals surface area contributed by atoms with Gasteiger partial charge in [0.1, 0.15) is 0 Å². The Labute approximate surface area is 128 Å². The lowest BCUT2D eigenvalue weighted by atomic mass is 10.9. The molecule has 0 aliphatic rings. The summed E-state index contributed by atoms with van der Waals surface area (Å²) < 4.78 is 0. The minimum atomic E-state index is -2.33. The van der Waals surface area contributed by atoms with Crippen LogP contribution < -0.4 is 10.2 Å². The van der Waals surface area contributed by atoms with Crippen molar-refractivity contribution >= 4 is 20.7 Å². The summed E-state index contributed by atoms with van der Waals surface area (Å²) in [6.07, 6.45) is 6.25. The topological polar surface area (TPSA) is 63.2 Å². The van der Waals surface area contributed by atoms with Gasteiger partial charge in [-0.1, -0.05) is 0 Å². The molecule has 0 atom stereocenters. The molecule has 0 bridgehead atoms. The van der Waals surface area contributed by atoms with Crippen molar-refractivity contribution in [3.8, 4) is 0 Å². The highest BCUT2D eigenvalue weighted by molar-refractivity contribution is 7.75. The Morgan fingerprint density at radius 2 is 0.750 bits per heavy atom. The normalized spacial score (nSPS) is 10.8. The minimum absolute atomic E-state index is 0.412. The first-order chi connectivity index (χ1) is 9.10. The molecule has 5 heteroatoms. The highest BCUT2D eigenvalue weighted by Gasteiger charge is 2.23. The molecule has 0 saturated heterocycles. The van der Waals surface area contributed by atoms with Crippen LogP contribution in [-0.4, -0.2) is 56.5 Å². The molecule has 0 rings (SSSR count). The number of carboxylic acid groups (broad SMARTS) is 2. The molecule has 0 aliphatic heterocycles. The maximum absolute atomic E-state index is 8.33. The van der Waals surface area contributed by atoms with Gasteiger partial charge < -0.3 is 15.0 Å². The van der Waals surface area contributed by atoms with Crippen molar-refractivity contribution < 1.29 is 15.0 Å². The Balaban J connectivity index is -0.000000230. The Hall–Kier alpha value is 0.130. The van der Waals surface area contributed by atoms with Crippen molar-refractivity contribution in [3.05, 3.63) is 0 Å². The van der Waals surface area contributed by atoms with Gasteiger partial charge in [-0.2, -0.15) is 0 Å². The summed E-state index contributed by atoms with van der Waals surface area (Å²) >= 11 is 0. The third kappa shape index (κ3) is 16.2. The van der Waals surface area contributed by atoms with Crippen molar-refractivity contribution in [3.63, 3.8) is 0 Å². The van der Waals surface area contributed by atoms with Crippen LogP contribution in [0.1, 0.15) is 41.5 Å². The van der Waals surface area contributed by atoms with E-state index in [1.807, 2.05) is 0 Å². The maximum atomic E-state index is 8.33. The zero-order chi connectivity index (χ0) is 16.8. The lowest BCUT2D eigenvalue weighted by Crippen LogP contribution is -2.37. The molecule has 0 aromatic rings. The second-order valence-electron chi connectivity index (χ2n) is 5.39. The van der Waals surface area contributed by atoms with E-state index < -0.39 is 20.7 Å². The molecule has 0 spiro atoms. The molecule has 0 aromatic heterocycles. The largest absolute Gasteiger partial charge is 0.652 e. The zero-order valence-corrected chi connectivity index (χ0v) is 16.7. The van der Waals surface area contributed by atoms with E-state index in [9.17, 15) is 0 Å². The van der Waals surface area contributed by atoms with Gasteiger partial charge in [0.2, 0.25) is 0 Å². The lowest BCUT2D eigenvalue weighted by Gasteiger charge is -2.16. The summed E-state index contributed by atoms with van der Waals surface area (Å²) in [5.41, 5.74) is 0. The smallest absolute Gasteiger partial charge is 0.0563 e. The van der Waals surface area contributed by atoms with Gasteiger partial charge in [-0.15, -0.1) is 0 Å². The van der Waals surface area contributed by atoms with Crippen LogP contribution in [0.25, 0.3) is 0 Å². The second-order valence-corrected chi connectivity index (χ2v) is 15.7. The molecule has 0 aromatic carbocycles. The zero-order valence-electron chi connectivity index (χ0n) is 14.9. The van der Waals surface area contributed by atoms with E-state index in [1.165, 1.54) is 37.0 Å². The Bertz CT molecular complexity index is 187. The molecule has 3 nitrogen and oxygen atoms in total. The van der Waals surface area contributed by atoms with Crippen molar-refractivity contribution in [1.82, 2.24) is 0 Å². The first-order valence-electron chi connectivity index (χ1n) is 7.65. The van der Waals surface area contributed by atoms with E-state index in [2.05, 4.69) is 54.9 Å². The fourth-order valence-corrected chi connectivity index (χ4v) is 4.02. The second kappa shape index (κ2) is 14.1. The van der Waals surface area contributed by atoms with Gasteiger partial charge in [-0.3, -0.25) is 0 Å². The number of hydrogen-bond donors (Lipinski definition) is 0. The molecule has 0 N–H and O–H groups in total. The van der Waals surface area contributed by atoms with Crippen LogP contribution in [0.15, 0.2) is 0 Å². The van der Waals surface area contributed by atoms with Crippen LogP contribution >= 0.6 is 14.5 Å². The number of hydrogen-bond acceptors (Lipinski definition) is 3. The van der Waals surface area contributed by atoms with Crippen LogP contribution in [0.3, 0.4) is 0 Å². The van der Waals surface area contributed by atoms with E-state index in [-0.39, 0.29) is 0 Å². The van der Waals surface area contributed by atoms with E-state index in [4.69, 9.17) is 15.0 Å². The van der Waals surface area contributed by atoms with E-state index in [0.29, 0.717) is 0 Å². The molecule has 0 aliphatic carbocycles. The van der Waals surface area contributed by atoms with Crippen LogP contribution in [0.2, 0.25) is 0 Å². The fraction of sp³-hybridized carbons (Fsp3) is 0.933. The van der Waals surface area contributed by atoms with Crippen LogP contribution in [0, 0.1) is 0 Å². The molecule has 0 heterocycles. The number of carbonyl (C=O) groups is 1. The quantitative estimate of drug-likeness (QED) is 0.705. The maximum Gasteiger partial charge on any atom is 0.0563 e. The van der Waals surface area contributed by atoms with E-state index >= 15 is 0 Å². The molecule has 124 valence electrons. The Morgan fingerprint density at radius 1 is 0.650 bits per heavy atom. The molecule has 20 heavy (non-hydrogen) atoms. The lowest BCUT2D eigenvalue weighted by molar-refractivity contribution is -0.415. The van der Waals surface area contributed by atoms with E-state index in [0.717, 1.165) is 0 Å². The van der Waals surface area contributed by atoms with Gasteiger partial charge in [0.25, 0.3) is 0 Å². The van der Waals surface area contributed by atoms with Gasteiger partial charge in [0.15, 0.2) is 0 Å². The summed E-state index contributed by atoms with van der Waals surface area (Å²) in [5, 5.41) is 16.7. The van der Waals surface area contributed by atoms with Gasteiger partial charge in [0, 0.05) is 27.9 Å². The predicted molar refractivity (Wildman–Crippen MR) is 94.3 cm³/mol. The third-order valence-electron chi connectivity index (χ3n) is 4.58. The highest BCUT2D eigenvalue weighted by atomic mass is 31.2. The predicted octanol–water partition coefficient (Wildman–Crippen LogP) is 2.94. The monoisotopic (exact) mass is 326 g/mol. The first kappa shape index (κ1) is 25.1. The Morgan fingerprint density at radius 3 is 0.750 bits per heavy atom. The van der Waals surface area contributed by atoms with Crippen LogP contribution in [0.4, 0.5) is 4.79 Å². The SMILES string of the molecule is CC[P+](C)(CC)CC.CC[P+](C)(CC)CC.O=C([O-])[O-]. The van der Waals surface area contributed by atoms with Gasteiger partial charge >= 0.3 is 0 Å². The summed E-state index contributed by atoms with van der Waals surface area (Å²) in [6.45, 7) is 18.9. The van der Waals surface area contributed by atoms with Crippen molar-refractivity contribution in [2.24, 2.45) is 0 Å². The van der Waals surface area contributed by atoms with Gasteiger partial charge in [-0.05, 0) is 47.7 Å². The van der Waals surface area contributed by atoms with Crippen LogP contribution in [0.5, 0.6) is 0 Å². The highest BCUT2D eigenvalue weighted by Crippen LogP contribution is 2.53. The molecular formula is C15H36O3P2. The average molecular weight is 326 g/mol. The van der Waals surface area contributed by atoms with Crippen molar-refractivity contribution in [1.29, 1.82) is 0 Å². The van der Waals surface area contributed by atoms with E-state index in [1.54, 1.807) is 0 Å². The summed E-state index contributed by atoms with van der Waals surface area (Å²) in [5.74, 6) is 0. The minimum Gasteiger partial charge on any atom is -0.652 e. The standard InChI is InChI=1S/2C7H18P.CH2O3/c2*1-5-8(4,6-2)7-3;2-1(3)4/h2*5-7H2,1-4H3;(H2,2,3,4)/q2*+1;/p-2. The van der Waals surface area contributed by atoms with Crippen LogP contribution in [-0.2, 0) is 0 Å². The fourth-order valence-electron chi connectivity index (χ4n) is 1.34. The summed E-state index contributed by atoms with van der Waals surface area (Å²) in [7, 11) is -0.824. The molecule has 0 fully saturated rings. The summed E-state index contributed by atoms with van der Waals surface area (Å²) in [4.78, 5) is 8.33. The Kier molecular flexibility index (Phi) is 17.7. The number of carbonyl (C=O) groups excluding carboxylic acids is 1.